The number of carboxylic acids is 1. The highest BCUT2D eigenvalue weighted by Gasteiger charge is 2.30. The minimum atomic E-state index is -0.988. The van der Waals surface area contributed by atoms with E-state index < -0.39 is 18.1 Å². The topological polar surface area (TPSA) is 75.6 Å². The summed E-state index contributed by atoms with van der Waals surface area (Å²) in [5.74, 6) is -0.583. The number of aliphatic carboxylic acids is 1. The van der Waals surface area contributed by atoms with Gasteiger partial charge in [-0.25, -0.2) is 4.79 Å². The first-order valence-corrected chi connectivity index (χ1v) is 7.11. The van der Waals surface area contributed by atoms with Crippen LogP contribution in [0.15, 0.2) is 0 Å². The third-order valence-corrected chi connectivity index (χ3v) is 3.39. The van der Waals surface area contributed by atoms with Crippen LogP contribution in [0.25, 0.3) is 0 Å². The molecule has 2 N–H and O–H groups in total. The van der Waals surface area contributed by atoms with E-state index in [-0.39, 0.29) is 12.0 Å². The van der Waals surface area contributed by atoms with Crippen LogP contribution in [0, 0.1) is 0 Å². The maximum atomic E-state index is 11.8. The number of hydrogen-bond donors (Lipinski definition) is 2. The van der Waals surface area contributed by atoms with Crippen molar-refractivity contribution in [3.8, 4) is 0 Å². The van der Waals surface area contributed by atoms with Gasteiger partial charge in [0.15, 0.2) is 0 Å². The van der Waals surface area contributed by atoms with Crippen LogP contribution in [0.5, 0.6) is 0 Å². The number of carbonyl (C=O) groups is 2. The van der Waals surface area contributed by atoms with Gasteiger partial charge in [0, 0.05) is 0 Å². The van der Waals surface area contributed by atoms with Gasteiger partial charge >= 0.3 is 5.97 Å². The second-order valence-electron chi connectivity index (χ2n) is 4.19. The SMILES string of the molecule is CSCC[C@@H](NC(=O)C1CCC(C)O1)C(=O)O. The third kappa shape index (κ3) is 4.55. The predicted molar refractivity (Wildman–Crippen MR) is 66.1 cm³/mol. The highest BCUT2D eigenvalue weighted by atomic mass is 32.2. The van der Waals surface area contributed by atoms with Gasteiger partial charge in [-0.05, 0) is 38.2 Å². The van der Waals surface area contributed by atoms with Crippen molar-refractivity contribution in [2.24, 2.45) is 0 Å². The van der Waals surface area contributed by atoms with Crippen molar-refractivity contribution in [1.82, 2.24) is 5.32 Å². The Hall–Kier alpha value is -0.750. The lowest BCUT2D eigenvalue weighted by Crippen LogP contribution is -2.45. The standard InChI is InChI=1S/C11H19NO4S/c1-7-3-4-9(16-7)10(13)12-8(11(14)15)5-6-17-2/h7-9H,3-6H2,1-2H3,(H,12,13)(H,14,15)/t7?,8-,9?/m1/s1. The molecule has 1 fully saturated rings. The molecule has 17 heavy (non-hydrogen) atoms. The lowest BCUT2D eigenvalue weighted by molar-refractivity contribution is -0.144. The summed E-state index contributed by atoms with van der Waals surface area (Å²) >= 11 is 1.56. The zero-order valence-electron chi connectivity index (χ0n) is 10.1. The number of carbonyl (C=O) groups excluding carboxylic acids is 1. The van der Waals surface area contributed by atoms with E-state index >= 15 is 0 Å². The predicted octanol–water partition coefficient (Wildman–Crippen LogP) is 0.876. The average Bonchev–Trinajstić information content (AvgIpc) is 2.70. The van der Waals surface area contributed by atoms with Gasteiger partial charge in [0.25, 0.3) is 0 Å². The van der Waals surface area contributed by atoms with Gasteiger partial charge in [0.2, 0.25) is 5.91 Å². The molecular weight excluding hydrogens is 242 g/mol. The van der Waals surface area contributed by atoms with Crippen molar-refractivity contribution in [2.45, 2.75) is 44.4 Å². The lowest BCUT2D eigenvalue weighted by atomic mass is 10.1. The fraction of sp³-hybridized carbons (Fsp3) is 0.818. The molecule has 0 saturated carbocycles. The smallest absolute Gasteiger partial charge is 0.326 e. The Morgan fingerprint density at radius 3 is 2.71 bits per heavy atom. The van der Waals surface area contributed by atoms with Gasteiger partial charge in [-0.15, -0.1) is 0 Å². The van der Waals surface area contributed by atoms with Crippen molar-refractivity contribution >= 4 is 23.6 Å². The summed E-state index contributed by atoms with van der Waals surface area (Å²) in [6.45, 7) is 1.91. The molecule has 6 heteroatoms. The molecule has 0 aromatic heterocycles. The zero-order valence-corrected chi connectivity index (χ0v) is 11.0. The van der Waals surface area contributed by atoms with Crippen LogP contribution in [-0.4, -0.2) is 47.2 Å². The number of ether oxygens (including phenoxy) is 1. The molecule has 2 unspecified atom stereocenters. The molecule has 1 saturated heterocycles. The number of nitrogens with one attached hydrogen (secondary N) is 1. The van der Waals surface area contributed by atoms with Crippen molar-refractivity contribution < 1.29 is 19.4 Å². The van der Waals surface area contributed by atoms with E-state index in [0.29, 0.717) is 18.6 Å². The second-order valence-corrected chi connectivity index (χ2v) is 5.18. The highest BCUT2D eigenvalue weighted by Crippen LogP contribution is 2.19. The molecule has 0 aromatic carbocycles. The largest absolute Gasteiger partial charge is 0.480 e. The quantitative estimate of drug-likeness (QED) is 0.742. The Bertz CT molecular complexity index is 285. The summed E-state index contributed by atoms with van der Waals surface area (Å²) in [4.78, 5) is 22.7. The van der Waals surface area contributed by atoms with E-state index in [1.165, 1.54) is 0 Å². The van der Waals surface area contributed by atoms with E-state index in [9.17, 15) is 9.59 Å². The van der Waals surface area contributed by atoms with Crippen LogP contribution < -0.4 is 5.32 Å². The minimum absolute atomic E-state index is 0.0835. The van der Waals surface area contributed by atoms with Crippen LogP contribution in [0.4, 0.5) is 0 Å². The van der Waals surface area contributed by atoms with Gasteiger partial charge < -0.3 is 15.2 Å². The van der Waals surface area contributed by atoms with E-state index in [4.69, 9.17) is 9.84 Å². The Morgan fingerprint density at radius 1 is 1.53 bits per heavy atom. The molecule has 98 valence electrons. The first kappa shape index (κ1) is 14.3. The fourth-order valence-corrected chi connectivity index (χ4v) is 2.22. The Morgan fingerprint density at radius 2 is 2.24 bits per heavy atom. The normalized spacial score (nSPS) is 25.5. The van der Waals surface area contributed by atoms with Crippen LogP contribution in [0.3, 0.4) is 0 Å². The number of carboxylic acid groups (broad SMARTS) is 1. The third-order valence-electron chi connectivity index (χ3n) is 2.75. The molecule has 3 atom stereocenters. The van der Waals surface area contributed by atoms with Crippen LogP contribution in [-0.2, 0) is 14.3 Å². The summed E-state index contributed by atoms with van der Waals surface area (Å²) in [6.07, 6.45) is 3.46. The summed E-state index contributed by atoms with van der Waals surface area (Å²) in [7, 11) is 0. The molecule has 0 bridgehead atoms. The molecule has 1 aliphatic rings. The molecular formula is C11H19NO4S. The van der Waals surface area contributed by atoms with Crippen molar-refractivity contribution in [3.05, 3.63) is 0 Å². The number of thioether (sulfide) groups is 1. The lowest BCUT2D eigenvalue weighted by Gasteiger charge is -2.17. The van der Waals surface area contributed by atoms with Gasteiger partial charge in [-0.3, -0.25) is 4.79 Å². The molecule has 1 rings (SSSR count). The highest BCUT2D eigenvalue weighted by molar-refractivity contribution is 7.98. The van der Waals surface area contributed by atoms with Gasteiger partial charge in [-0.2, -0.15) is 11.8 Å². The van der Waals surface area contributed by atoms with Crippen LogP contribution in [0.1, 0.15) is 26.2 Å². The monoisotopic (exact) mass is 261 g/mol. The van der Waals surface area contributed by atoms with E-state index in [1.54, 1.807) is 11.8 Å². The Kier molecular flexibility index (Phi) is 5.77. The number of rotatable bonds is 6. The fourth-order valence-electron chi connectivity index (χ4n) is 1.75. The van der Waals surface area contributed by atoms with Gasteiger partial charge in [0.1, 0.15) is 12.1 Å². The molecule has 0 aliphatic carbocycles. The maximum Gasteiger partial charge on any atom is 0.326 e. The molecule has 0 radical (unpaired) electrons. The van der Waals surface area contributed by atoms with Crippen molar-refractivity contribution in [2.75, 3.05) is 12.0 Å². The molecule has 1 heterocycles. The summed E-state index contributed by atoms with van der Waals surface area (Å²) in [6, 6.07) is -0.811. The number of hydrogen-bond acceptors (Lipinski definition) is 4. The van der Waals surface area contributed by atoms with Crippen LogP contribution in [0.2, 0.25) is 0 Å². The Labute approximate surface area is 105 Å². The average molecular weight is 261 g/mol. The molecule has 5 nitrogen and oxygen atoms in total. The summed E-state index contributed by atoms with van der Waals surface area (Å²) < 4.78 is 5.40. The minimum Gasteiger partial charge on any atom is -0.480 e. The van der Waals surface area contributed by atoms with E-state index in [2.05, 4.69) is 5.32 Å². The Balaban J connectivity index is 2.43. The zero-order chi connectivity index (χ0) is 12.8. The van der Waals surface area contributed by atoms with Crippen LogP contribution >= 0.6 is 11.8 Å². The van der Waals surface area contributed by atoms with Gasteiger partial charge in [-0.1, -0.05) is 0 Å². The summed E-state index contributed by atoms with van der Waals surface area (Å²) in [5, 5.41) is 11.5. The number of amides is 1. The van der Waals surface area contributed by atoms with E-state index in [0.717, 1.165) is 6.42 Å². The van der Waals surface area contributed by atoms with Gasteiger partial charge in [0.05, 0.1) is 6.10 Å². The molecule has 0 spiro atoms. The molecule has 1 amide bonds. The molecule has 0 aromatic rings. The summed E-state index contributed by atoms with van der Waals surface area (Å²) in [5.41, 5.74) is 0. The van der Waals surface area contributed by atoms with Crippen molar-refractivity contribution in [1.29, 1.82) is 0 Å². The van der Waals surface area contributed by atoms with E-state index in [1.807, 2.05) is 13.2 Å². The molecule has 1 aliphatic heterocycles. The second kappa shape index (κ2) is 6.86. The first-order chi connectivity index (χ1) is 8.04. The van der Waals surface area contributed by atoms with Crippen molar-refractivity contribution in [3.63, 3.8) is 0 Å². The maximum absolute atomic E-state index is 11.8. The first-order valence-electron chi connectivity index (χ1n) is 5.72.